The molecule has 6 nitrogen and oxygen atoms in total. The minimum Gasteiger partial charge on any atom is -0.392 e. The molecule has 0 saturated heterocycles. The van der Waals surface area contributed by atoms with Crippen LogP contribution in [0.5, 0.6) is 0 Å². The number of aliphatic hydroxyl groups is 1. The number of nitrogens with zero attached hydrogens (tertiary/aromatic N) is 1. The molecule has 1 aromatic heterocycles. The SMILES string of the molecule is Cc1cc(CO)cc(S(=O)(=O)NC(C)c2cn[nH]c2)c1Br. The first-order valence-electron chi connectivity index (χ1n) is 6.26. The van der Waals surface area contributed by atoms with E-state index in [0.717, 1.165) is 11.1 Å². The Morgan fingerprint density at radius 1 is 1.48 bits per heavy atom. The van der Waals surface area contributed by atoms with Crippen LogP contribution in [0.15, 0.2) is 33.9 Å². The number of aryl methyl sites for hydroxylation is 1. The zero-order chi connectivity index (χ0) is 15.6. The van der Waals surface area contributed by atoms with Crippen LogP contribution in [-0.4, -0.2) is 23.7 Å². The van der Waals surface area contributed by atoms with Gasteiger partial charge >= 0.3 is 0 Å². The Kier molecular flexibility index (Phi) is 4.82. The zero-order valence-corrected chi connectivity index (χ0v) is 14.0. The second kappa shape index (κ2) is 6.27. The highest BCUT2D eigenvalue weighted by Crippen LogP contribution is 2.28. The lowest BCUT2D eigenvalue weighted by Gasteiger charge is -2.15. The van der Waals surface area contributed by atoms with Gasteiger partial charge in [0, 0.05) is 22.3 Å². The molecular formula is C13H16BrN3O3S. The van der Waals surface area contributed by atoms with Gasteiger partial charge in [0.2, 0.25) is 10.0 Å². The fourth-order valence-corrected chi connectivity index (χ4v) is 4.26. The molecule has 0 bridgehead atoms. The number of aliphatic hydroxyl groups excluding tert-OH is 1. The van der Waals surface area contributed by atoms with Crippen LogP contribution in [-0.2, 0) is 16.6 Å². The van der Waals surface area contributed by atoms with Crippen molar-refractivity contribution in [3.05, 3.63) is 45.7 Å². The molecule has 2 aromatic rings. The van der Waals surface area contributed by atoms with Gasteiger partial charge in [0.15, 0.2) is 0 Å². The van der Waals surface area contributed by atoms with Crippen molar-refractivity contribution in [3.8, 4) is 0 Å². The maximum atomic E-state index is 12.5. The van der Waals surface area contributed by atoms with E-state index in [4.69, 9.17) is 0 Å². The normalized spacial score (nSPS) is 13.3. The monoisotopic (exact) mass is 373 g/mol. The van der Waals surface area contributed by atoms with Crippen molar-refractivity contribution >= 4 is 26.0 Å². The number of aromatic nitrogens is 2. The molecule has 0 aliphatic rings. The fourth-order valence-electron chi connectivity index (χ4n) is 1.96. The average Bonchev–Trinajstić information content (AvgIpc) is 2.95. The van der Waals surface area contributed by atoms with Crippen LogP contribution in [0.4, 0.5) is 0 Å². The summed E-state index contributed by atoms with van der Waals surface area (Å²) >= 11 is 3.30. The summed E-state index contributed by atoms with van der Waals surface area (Å²) in [6.45, 7) is 3.30. The van der Waals surface area contributed by atoms with Crippen molar-refractivity contribution in [1.29, 1.82) is 0 Å². The molecule has 114 valence electrons. The van der Waals surface area contributed by atoms with Crippen LogP contribution in [0.25, 0.3) is 0 Å². The Bertz CT molecular complexity index is 729. The summed E-state index contributed by atoms with van der Waals surface area (Å²) in [5.74, 6) is 0. The third-order valence-electron chi connectivity index (χ3n) is 3.10. The molecule has 0 amide bonds. The van der Waals surface area contributed by atoms with Crippen molar-refractivity contribution in [1.82, 2.24) is 14.9 Å². The quantitative estimate of drug-likeness (QED) is 0.746. The minimum atomic E-state index is -3.72. The summed E-state index contributed by atoms with van der Waals surface area (Å²) < 4.78 is 28.1. The zero-order valence-electron chi connectivity index (χ0n) is 11.6. The number of sulfonamides is 1. The van der Waals surface area contributed by atoms with E-state index in [1.807, 2.05) is 0 Å². The third-order valence-corrected chi connectivity index (χ3v) is 5.98. The Labute approximate surface area is 131 Å². The topological polar surface area (TPSA) is 95.1 Å². The van der Waals surface area contributed by atoms with Crippen molar-refractivity contribution in [2.24, 2.45) is 0 Å². The van der Waals surface area contributed by atoms with E-state index >= 15 is 0 Å². The van der Waals surface area contributed by atoms with E-state index in [0.29, 0.717) is 10.0 Å². The van der Waals surface area contributed by atoms with Crippen LogP contribution < -0.4 is 4.72 Å². The van der Waals surface area contributed by atoms with Crippen LogP contribution in [0, 0.1) is 6.92 Å². The molecule has 1 heterocycles. The Balaban J connectivity index is 2.38. The molecule has 3 N–H and O–H groups in total. The first-order chi connectivity index (χ1) is 9.85. The van der Waals surface area contributed by atoms with E-state index in [9.17, 15) is 13.5 Å². The van der Waals surface area contributed by atoms with Gasteiger partial charge in [-0.1, -0.05) is 6.07 Å². The number of hydrogen-bond donors (Lipinski definition) is 3. The summed E-state index contributed by atoms with van der Waals surface area (Å²) in [5, 5.41) is 15.7. The van der Waals surface area contributed by atoms with Crippen LogP contribution in [0.3, 0.4) is 0 Å². The summed E-state index contributed by atoms with van der Waals surface area (Å²) in [4.78, 5) is 0.113. The second-order valence-electron chi connectivity index (χ2n) is 4.76. The Morgan fingerprint density at radius 2 is 2.19 bits per heavy atom. The smallest absolute Gasteiger partial charge is 0.242 e. The maximum Gasteiger partial charge on any atom is 0.242 e. The Hall–Kier alpha value is -1.22. The first-order valence-corrected chi connectivity index (χ1v) is 8.53. The fraction of sp³-hybridized carbons (Fsp3) is 0.308. The lowest BCUT2D eigenvalue weighted by atomic mass is 10.1. The molecule has 8 heteroatoms. The van der Waals surface area contributed by atoms with Gasteiger partial charge in [-0.2, -0.15) is 5.10 Å². The summed E-state index contributed by atoms with van der Waals surface area (Å²) in [7, 11) is -3.72. The van der Waals surface area contributed by atoms with Crippen LogP contribution in [0.1, 0.15) is 29.7 Å². The number of benzene rings is 1. The van der Waals surface area contributed by atoms with Gasteiger partial charge in [-0.25, -0.2) is 13.1 Å². The first kappa shape index (κ1) is 16.2. The highest BCUT2D eigenvalue weighted by atomic mass is 79.9. The highest BCUT2D eigenvalue weighted by Gasteiger charge is 2.23. The summed E-state index contributed by atoms with van der Waals surface area (Å²) in [6.07, 6.45) is 3.20. The number of H-pyrrole nitrogens is 1. The number of hydrogen-bond acceptors (Lipinski definition) is 4. The van der Waals surface area contributed by atoms with Crippen molar-refractivity contribution in [2.75, 3.05) is 0 Å². The molecule has 1 atom stereocenters. The van der Waals surface area contributed by atoms with Gasteiger partial charge in [-0.05, 0) is 47.0 Å². The predicted octanol–water partition coefficient (Wildman–Crippen LogP) is 2.01. The summed E-state index contributed by atoms with van der Waals surface area (Å²) in [6, 6.07) is 2.78. The molecule has 0 aliphatic heterocycles. The number of halogens is 1. The minimum absolute atomic E-state index is 0.113. The largest absolute Gasteiger partial charge is 0.392 e. The molecule has 1 aromatic carbocycles. The van der Waals surface area contributed by atoms with Crippen LogP contribution >= 0.6 is 15.9 Å². The third kappa shape index (κ3) is 3.52. The van der Waals surface area contributed by atoms with Gasteiger partial charge in [0.25, 0.3) is 0 Å². The molecule has 0 aliphatic carbocycles. The molecular weight excluding hydrogens is 358 g/mol. The lowest BCUT2D eigenvalue weighted by molar-refractivity contribution is 0.281. The standard InChI is InChI=1S/C13H16BrN3O3S/c1-8-3-10(7-18)4-12(13(8)14)21(19,20)17-9(2)11-5-15-16-6-11/h3-6,9,17-18H,7H2,1-2H3,(H,15,16). The van der Waals surface area contributed by atoms with Gasteiger partial charge in [0.05, 0.1) is 17.7 Å². The molecule has 0 radical (unpaired) electrons. The molecule has 0 fully saturated rings. The predicted molar refractivity (Wildman–Crippen MR) is 82.1 cm³/mol. The molecule has 2 rings (SSSR count). The van der Waals surface area contributed by atoms with E-state index < -0.39 is 16.1 Å². The summed E-state index contributed by atoms with van der Waals surface area (Å²) in [5.41, 5.74) is 2.04. The van der Waals surface area contributed by atoms with E-state index in [1.165, 1.54) is 6.07 Å². The highest BCUT2D eigenvalue weighted by molar-refractivity contribution is 9.10. The van der Waals surface area contributed by atoms with E-state index in [2.05, 4.69) is 30.8 Å². The number of rotatable bonds is 5. The Morgan fingerprint density at radius 3 is 2.76 bits per heavy atom. The van der Waals surface area contributed by atoms with Crippen molar-refractivity contribution in [2.45, 2.75) is 31.4 Å². The maximum absolute atomic E-state index is 12.5. The average molecular weight is 374 g/mol. The van der Waals surface area contributed by atoms with Gasteiger partial charge in [-0.15, -0.1) is 0 Å². The van der Waals surface area contributed by atoms with Crippen molar-refractivity contribution in [3.63, 3.8) is 0 Å². The van der Waals surface area contributed by atoms with Gasteiger partial charge in [-0.3, -0.25) is 5.10 Å². The molecule has 0 spiro atoms. The number of nitrogens with one attached hydrogen (secondary N) is 2. The van der Waals surface area contributed by atoms with E-state index in [1.54, 1.807) is 32.3 Å². The number of aromatic amines is 1. The van der Waals surface area contributed by atoms with Gasteiger partial charge in [0.1, 0.15) is 0 Å². The van der Waals surface area contributed by atoms with E-state index in [-0.39, 0.29) is 11.5 Å². The van der Waals surface area contributed by atoms with Crippen molar-refractivity contribution < 1.29 is 13.5 Å². The lowest BCUT2D eigenvalue weighted by Crippen LogP contribution is -2.27. The molecule has 0 saturated carbocycles. The van der Waals surface area contributed by atoms with Gasteiger partial charge < -0.3 is 5.11 Å². The van der Waals surface area contributed by atoms with Crippen LogP contribution in [0.2, 0.25) is 0 Å². The molecule has 1 unspecified atom stereocenters. The molecule has 21 heavy (non-hydrogen) atoms. The second-order valence-corrected chi connectivity index (χ2v) is 7.23.